The second-order valence-electron chi connectivity index (χ2n) is 6.61. The monoisotopic (exact) mass is 364 g/mol. The van der Waals surface area contributed by atoms with Crippen molar-refractivity contribution in [3.63, 3.8) is 0 Å². The molecule has 1 aromatic heterocycles. The van der Waals surface area contributed by atoms with Crippen LogP contribution < -0.4 is 4.90 Å². The van der Waals surface area contributed by atoms with Crippen LogP contribution in [0.4, 0.5) is 14.5 Å². The smallest absolute Gasteiger partial charge is 0.160 e. The van der Waals surface area contributed by atoms with E-state index in [1.54, 1.807) is 4.68 Å². The summed E-state index contributed by atoms with van der Waals surface area (Å²) in [6.07, 6.45) is 3.01. The molecule has 2 aromatic carbocycles. The summed E-state index contributed by atoms with van der Waals surface area (Å²) in [5, 5.41) is 13.5. The molecule has 0 saturated carbocycles. The minimum Gasteiger partial charge on any atom is -0.366 e. The summed E-state index contributed by atoms with van der Waals surface area (Å²) in [5.74, 6) is -1.63. The average molecular weight is 364 g/mol. The number of nitrogens with zero attached hydrogens (tertiary/aromatic N) is 4. The van der Waals surface area contributed by atoms with Gasteiger partial charge in [0.1, 0.15) is 0 Å². The normalized spacial score (nSPS) is 12.9. The zero-order valence-corrected chi connectivity index (χ0v) is 14.7. The van der Waals surface area contributed by atoms with E-state index >= 15 is 0 Å². The van der Waals surface area contributed by atoms with Crippen molar-refractivity contribution in [2.45, 2.75) is 25.9 Å². The molecule has 1 aliphatic heterocycles. The van der Waals surface area contributed by atoms with Gasteiger partial charge in [-0.3, -0.25) is 4.68 Å². The average Bonchev–Trinajstić information content (AvgIpc) is 3.26. The first-order chi connectivity index (χ1) is 13.2. The quantitative estimate of drug-likeness (QED) is 0.678. The number of halogens is 2. The molecule has 136 valence electrons. The van der Waals surface area contributed by atoms with E-state index in [1.807, 2.05) is 36.5 Å². The van der Waals surface area contributed by atoms with Crippen LogP contribution in [0.3, 0.4) is 0 Å². The van der Waals surface area contributed by atoms with Crippen molar-refractivity contribution in [2.24, 2.45) is 0 Å². The fourth-order valence-electron chi connectivity index (χ4n) is 3.51. The van der Waals surface area contributed by atoms with Crippen LogP contribution in [0, 0.1) is 23.0 Å². The van der Waals surface area contributed by atoms with Crippen molar-refractivity contribution in [3.8, 4) is 17.3 Å². The SMILES string of the molecule is N#CCCn1cc(CN2CCc3cc(F)c(F)cc32)c(-c2ccccc2)n1. The predicted octanol–water partition coefficient (Wildman–Crippen LogP) is 4.30. The lowest BCUT2D eigenvalue weighted by Crippen LogP contribution is -2.20. The van der Waals surface area contributed by atoms with Gasteiger partial charge in [0.2, 0.25) is 0 Å². The van der Waals surface area contributed by atoms with Gasteiger partial charge in [-0.2, -0.15) is 10.4 Å². The Balaban J connectivity index is 1.67. The van der Waals surface area contributed by atoms with E-state index in [0.717, 1.165) is 28.1 Å². The minimum absolute atomic E-state index is 0.381. The van der Waals surface area contributed by atoms with Crippen LogP contribution in [0.5, 0.6) is 0 Å². The standard InChI is InChI=1S/C21H18F2N4/c22-18-11-16-7-10-26(20(16)12-19(18)23)13-17-14-27(9-4-8-24)25-21(17)15-5-2-1-3-6-15/h1-3,5-6,11-12,14H,4,7,9-10,13H2. The Labute approximate surface area is 156 Å². The topological polar surface area (TPSA) is 44.9 Å². The van der Waals surface area contributed by atoms with E-state index in [2.05, 4.69) is 16.1 Å². The highest BCUT2D eigenvalue weighted by molar-refractivity contribution is 5.65. The molecule has 2 heterocycles. The van der Waals surface area contributed by atoms with Crippen molar-refractivity contribution in [1.82, 2.24) is 9.78 Å². The lowest BCUT2D eigenvalue weighted by molar-refractivity contribution is 0.508. The van der Waals surface area contributed by atoms with E-state index in [4.69, 9.17) is 5.26 Å². The summed E-state index contributed by atoms with van der Waals surface area (Å²) in [6, 6.07) is 14.5. The molecule has 0 saturated heterocycles. The maximum atomic E-state index is 13.7. The first-order valence-electron chi connectivity index (χ1n) is 8.87. The van der Waals surface area contributed by atoms with Crippen LogP contribution in [0.1, 0.15) is 17.5 Å². The summed E-state index contributed by atoms with van der Waals surface area (Å²) in [5.41, 5.74) is 4.40. The highest BCUT2D eigenvalue weighted by Crippen LogP contribution is 2.33. The zero-order valence-electron chi connectivity index (χ0n) is 14.7. The maximum absolute atomic E-state index is 13.7. The number of nitriles is 1. The van der Waals surface area contributed by atoms with E-state index in [9.17, 15) is 8.78 Å². The first-order valence-corrected chi connectivity index (χ1v) is 8.87. The number of benzene rings is 2. The van der Waals surface area contributed by atoms with Crippen molar-refractivity contribution >= 4 is 5.69 Å². The predicted molar refractivity (Wildman–Crippen MR) is 99.0 cm³/mol. The number of hydrogen-bond acceptors (Lipinski definition) is 3. The fourth-order valence-corrected chi connectivity index (χ4v) is 3.51. The second kappa shape index (κ2) is 7.20. The third-order valence-corrected chi connectivity index (χ3v) is 4.81. The van der Waals surface area contributed by atoms with Crippen LogP contribution >= 0.6 is 0 Å². The number of aryl methyl sites for hydroxylation is 1. The molecule has 6 heteroatoms. The van der Waals surface area contributed by atoms with Gasteiger partial charge in [0.05, 0.1) is 24.7 Å². The van der Waals surface area contributed by atoms with Crippen molar-refractivity contribution in [2.75, 3.05) is 11.4 Å². The van der Waals surface area contributed by atoms with Crippen LogP contribution in [0.2, 0.25) is 0 Å². The van der Waals surface area contributed by atoms with Crippen molar-refractivity contribution < 1.29 is 8.78 Å². The fraction of sp³-hybridized carbons (Fsp3) is 0.238. The highest BCUT2D eigenvalue weighted by atomic mass is 19.2. The molecule has 0 N–H and O–H groups in total. The Bertz CT molecular complexity index is 1010. The number of anilines is 1. The molecule has 0 radical (unpaired) electrons. The van der Waals surface area contributed by atoms with Crippen molar-refractivity contribution in [3.05, 3.63) is 71.4 Å². The molecule has 1 aliphatic rings. The summed E-state index contributed by atoms with van der Waals surface area (Å²) in [6.45, 7) is 1.78. The third kappa shape index (κ3) is 3.41. The minimum atomic E-state index is -0.825. The Hall–Kier alpha value is -3.20. The van der Waals surface area contributed by atoms with Gasteiger partial charge < -0.3 is 4.90 Å². The van der Waals surface area contributed by atoms with Gasteiger partial charge in [-0.15, -0.1) is 0 Å². The number of rotatable bonds is 5. The van der Waals surface area contributed by atoms with Crippen LogP contribution in [0.15, 0.2) is 48.7 Å². The maximum Gasteiger partial charge on any atom is 0.160 e. The number of hydrogen-bond donors (Lipinski definition) is 0. The van der Waals surface area contributed by atoms with Gasteiger partial charge >= 0.3 is 0 Å². The zero-order chi connectivity index (χ0) is 18.8. The van der Waals surface area contributed by atoms with Gasteiger partial charge in [0.15, 0.2) is 11.6 Å². The van der Waals surface area contributed by atoms with E-state index in [1.165, 1.54) is 12.1 Å². The molecular weight excluding hydrogens is 346 g/mol. The molecule has 0 spiro atoms. The third-order valence-electron chi connectivity index (χ3n) is 4.81. The number of aromatic nitrogens is 2. The van der Waals surface area contributed by atoms with Crippen LogP contribution in [-0.4, -0.2) is 16.3 Å². The largest absolute Gasteiger partial charge is 0.366 e. The number of fused-ring (bicyclic) bond motifs is 1. The Morgan fingerprint density at radius 3 is 2.67 bits per heavy atom. The molecule has 0 bridgehead atoms. The van der Waals surface area contributed by atoms with E-state index in [-0.39, 0.29) is 0 Å². The first kappa shape index (κ1) is 17.2. The Morgan fingerprint density at radius 2 is 1.89 bits per heavy atom. The Morgan fingerprint density at radius 1 is 1.11 bits per heavy atom. The molecule has 0 atom stereocenters. The lowest BCUT2D eigenvalue weighted by Gasteiger charge is -2.19. The molecular formula is C21H18F2N4. The van der Waals surface area contributed by atoms with Crippen molar-refractivity contribution in [1.29, 1.82) is 5.26 Å². The summed E-state index contributed by atoms with van der Waals surface area (Å²) < 4.78 is 29.0. The second-order valence-corrected chi connectivity index (χ2v) is 6.61. The van der Waals surface area contributed by atoms with Crippen LogP contribution in [-0.2, 0) is 19.5 Å². The van der Waals surface area contributed by atoms with E-state index < -0.39 is 11.6 Å². The lowest BCUT2D eigenvalue weighted by atomic mass is 10.1. The molecule has 4 nitrogen and oxygen atoms in total. The van der Waals surface area contributed by atoms with Gasteiger partial charge in [-0.25, -0.2) is 8.78 Å². The molecule has 0 unspecified atom stereocenters. The Kier molecular flexibility index (Phi) is 4.59. The molecule has 4 rings (SSSR count). The molecule has 0 amide bonds. The highest BCUT2D eigenvalue weighted by Gasteiger charge is 2.24. The van der Waals surface area contributed by atoms with Gasteiger partial charge in [-0.05, 0) is 18.1 Å². The van der Waals surface area contributed by atoms with Crippen LogP contribution in [0.25, 0.3) is 11.3 Å². The van der Waals surface area contributed by atoms with Gasteiger partial charge in [0, 0.05) is 42.2 Å². The molecule has 3 aromatic rings. The molecule has 27 heavy (non-hydrogen) atoms. The summed E-state index contributed by atoms with van der Waals surface area (Å²) in [4.78, 5) is 2.05. The summed E-state index contributed by atoms with van der Waals surface area (Å²) in [7, 11) is 0. The van der Waals surface area contributed by atoms with Gasteiger partial charge in [-0.1, -0.05) is 30.3 Å². The summed E-state index contributed by atoms with van der Waals surface area (Å²) >= 11 is 0. The molecule has 0 fully saturated rings. The molecule has 0 aliphatic carbocycles. The van der Waals surface area contributed by atoms with E-state index in [0.29, 0.717) is 32.5 Å². The van der Waals surface area contributed by atoms with Gasteiger partial charge in [0.25, 0.3) is 0 Å².